The summed E-state index contributed by atoms with van der Waals surface area (Å²) in [6.07, 6.45) is 10.8. The molecule has 200 valence electrons. The number of rotatable bonds is 7. The Morgan fingerprint density at radius 2 is 2.13 bits per heavy atom. The smallest absolute Gasteiger partial charge is 0.303 e. The Bertz CT molecular complexity index is 1300. The van der Waals surface area contributed by atoms with Crippen LogP contribution in [0.25, 0.3) is 6.08 Å². The van der Waals surface area contributed by atoms with Crippen LogP contribution in [0.2, 0.25) is 0 Å². The maximum Gasteiger partial charge on any atom is 0.303 e. The average Bonchev–Trinajstić information content (AvgIpc) is 3.54. The molecule has 8 nitrogen and oxygen atoms in total. The van der Waals surface area contributed by atoms with Crippen molar-refractivity contribution in [1.82, 2.24) is 9.80 Å². The van der Waals surface area contributed by atoms with Gasteiger partial charge < -0.3 is 23.5 Å². The van der Waals surface area contributed by atoms with Crippen molar-refractivity contribution in [2.45, 2.75) is 61.8 Å². The molecule has 2 aliphatic carbocycles. The van der Waals surface area contributed by atoms with Gasteiger partial charge in [-0.3, -0.25) is 14.5 Å². The molecule has 0 unspecified atom stereocenters. The van der Waals surface area contributed by atoms with Crippen LogP contribution in [0.5, 0.6) is 11.5 Å². The summed E-state index contributed by atoms with van der Waals surface area (Å²) < 4.78 is 24.2. The number of amides is 1. The normalized spacial score (nSPS) is 30.9. The summed E-state index contributed by atoms with van der Waals surface area (Å²) in [6, 6.07) is 5.67. The van der Waals surface area contributed by atoms with Crippen LogP contribution in [0.15, 0.2) is 53.9 Å². The SMILES string of the molecule is C=CCN1CC[C@]23c4c5ccc(OC)c4O[C@H]2[C@H](N(C)C(=O)/C=C/c2ccoc2)CC[C@@]3(OC(C)=O)[C@H]1C5. The standard InChI is InChI=1S/C30H34N2O6/c1-5-14-32-15-13-29-26-21-7-8-23(35-4)27(26)37-28(29)22(10-12-30(29,24(32)17-21)38-19(2)33)31(3)25(34)9-6-20-11-16-36-18-20/h5-9,11,16,18,22,24,28H,1,10,12-15,17H2,2-4H3/b9-6+/t22-,24-,28+,29+,30-/m1/s1. The minimum atomic E-state index is -0.775. The van der Waals surface area contributed by atoms with Crippen molar-refractivity contribution in [3.63, 3.8) is 0 Å². The van der Waals surface area contributed by atoms with Gasteiger partial charge in [0.25, 0.3) is 0 Å². The van der Waals surface area contributed by atoms with E-state index in [2.05, 4.69) is 17.5 Å². The van der Waals surface area contributed by atoms with Gasteiger partial charge in [0.2, 0.25) is 5.91 Å². The maximum atomic E-state index is 13.4. The van der Waals surface area contributed by atoms with Gasteiger partial charge in [-0.2, -0.15) is 0 Å². The van der Waals surface area contributed by atoms with Gasteiger partial charge >= 0.3 is 5.97 Å². The fraction of sp³-hybridized carbons (Fsp3) is 0.467. The van der Waals surface area contributed by atoms with E-state index < -0.39 is 11.0 Å². The van der Waals surface area contributed by atoms with E-state index in [0.29, 0.717) is 25.1 Å². The number of hydrogen-bond donors (Lipinski definition) is 0. The molecular formula is C30H34N2O6. The van der Waals surface area contributed by atoms with Crippen LogP contribution in [-0.2, 0) is 26.2 Å². The van der Waals surface area contributed by atoms with Crippen molar-refractivity contribution in [2.24, 2.45) is 0 Å². The predicted molar refractivity (Wildman–Crippen MR) is 141 cm³/mol. The van der Waals surface area contributed by atoms with Gasteiger partial charge in [0, 0.05) is 44.3 Å². The van der Waals surface area contributed by atoms with E-state index in [9.17, 15) is 9.59 Å². The molecule has 1 saturated heterocycles. The molecule has 2 aliphatic heterocycles. The van der Waals surface area contributed by atoms with E-state index in [1.165, 1.54) is 12.5 Å². The summed E-state index contributed by atoms with van der Waals surface area (Å²) in [7, 11) is 3.48. The molecule has 6 rings (SSSR count). The quantitative estimate of drug-likeness (QED) is 0.314. The number of piperidine rings is 1. The number of furan rings is 1. The molecule has 5 atom stereocenters. The van der Waals surface area contributed by atoms with Crippen molar-refractivity contribution in [3.8, 4) is 11.5 Å². The number of carbonyl (C=O) groups excluding carboxylic acids is 2. The minimum absolute atomic E-state index is 0.0148. The van der Waals surface area contributed by atoms with E-state index in [-0.39, 0.29) is 30.1 Å². The Hall–Kier alpha value is -3.52. The number of ether oxygens (including phenoxy) is 3. The molecular weight excluding hydrogens is 484 g/mol. The molecule has 1 amide bonds. The zero-order chi connectivity index (χ0) is 26.7. The van der Waals surface area contributed by atoms with E-state index >= 15 is 0 Å². The molecule has 2 fully saturated rings. The third-order valence-electron chi connectivity index (χ3n) is 9.20. The molecule has 0 radical (unpaired) electrons. The first-order valence-electron chi connectivity index (χ1n) is 13.2. The van der Waals surface area contributed by atoms with Gasteiger partial charge in [0.1, 0.15) is 11.7 Å². The molecule has 1 spiro atoms. The summed E-state index contributed by atoms with van der Waals surface area (Å²) in [5, 5.41) is 0. The van der Waals surface area contributed by atoms with Crippen LogP contribution in [0, 0.1) is 0 Å². The number of nitrogens with zero attached hydrogens (tertiary/aromatic N) is 2. The predicted octanol–water partition coefficient (Wildman–Crippen LogP) is 3.74. The van der Waals surface area contributed by atoms with E-state index in [1.54, 1.807) is 42.8 Å². The van der Waals surface area contributed by atoms with Gasteiger partial charge in [0.05, 0.1) is 37.1 Å². The highest BCUT2D eigenvalue weighted by Gasteiger charge is 2.75. The highest BCUT2D eigenvalue weighted by molar-refractivity contribution is 5.92. The van der Waals surface area contributed by atoms with Crippen molar-refractivity contribution in [3.05, 3.63) is 66.1 Å². The van der Waals surface area contributed by atoms with Gasteiger partial charge in [-0.05, 0) is 49.5 Å². The van der Waals surface area contributed by atoms with Crippen LogP contribution < -0.4 is 9.47 Å². The summed E-state index contributed by atoms with van der Waals surface area (Å²) in [5.74, 6) is 0.989. The first-order valence-corrected chi connectivity index (χ1v) is 13.2. The molecule has 1 aromatic heterocycles. The topological polar surface area (TPSA) is 81.5 Å². The van der Waals surface area contributed by atoms with Gasteiger partial charge in [-0.25, -0.2) is 0 Å². The molecule has 4 aliphatic rings. The highest BCUT2D eigenvalue weighted by Crippen LogP contribution is 2.67. The summed E-state index contributed by atoms with van der Waals surface area (Å²) in [6.45, 7) is 7.01. The molecule has 3 heterocycles. The Morgan fingerprint density at radius 1 is 1.29 bits per heavy atom. The lowest BCUT2D eigenvalue weighted by Gasteiger charge is -2.65. The Kier molecular flexibility index (Phi) is 5.90. The number of esters is 1. The van der Waals surface area contributed by atoms with Crippen LogP contribution in [0.3, 0.4) is 0 Å². The van der Waals surface area contributed by atoms with Gasteiger partial charge in [0.15, 0.2) is 11.5 Å². The van der Waals surface area contributed by atoms with E-state index in [4.69, 9.17) is 18.6 Å². The number of carbonyl (C=O) groups is 2. The molecule has 1 aromatic carbocycles. The summed E-state index contributed by atoms with van der Waals surface area (Å²) in [5.41, 5.74) is 1.75. The van der Waals surface area contributed by atoms with Crippen molar-refractivity contribution >= 4 is 18.0 Å². The average molecular weight is 519 g/mol. The van der Waals surface area contributed by atoms with Crippen LogP contribution >= 0.6 is 0 Å². The Morgan fingerprint density at radius 3 is 2.84 bits per heavy atom. The largest absolute Gasteiger partial charge is 0.493 e. The first-order chi connectivity index (χ1) is 18.4. The molecule has 8 heteroatoms. The number of hydrogen-bond acceptors (Lipinski definition) is 7. The van der Waals surface area contributed by atoms with Crippen LogP contribution in [0.1, 0.15) is 42.9 Å². The fourth-order valence-electron chi connectivity index (χ4n) is 7.79. The second-order valence-corrected chi connectivity index (χ2v) is 10.8. The number of benzene rings is 1. The molecule has 0 N–H and O–H groups in total. The first kappa shape index (κ1) is 24.8. The summed E-state index contributed by atoms with van der Waals surface area (Å²) in [4.78, 5) is 30.3. The van der Waals surface area contributed by atoms with Crippen molar-refractivity contribution in [2.75, 3.05) is 27.2 Å². The third-order valence-corrected chi connectivity index (χ3v) is 9.20. The second-order valence-electron chi connectivity index (χ2n) is 10.8. The number of likely N-dealkylation sites (N-methyl/N-ethyl adjacent to an activating group) is 1. The van der Waals surface area contributed by atoms with E-state index in [0.717, 1.165) is 36.3 Å². The fourth-order valence-corrected chi connectivity index (χ4v) is 7.79. The van der Waals surface area contributed by atoms with Crippen molar-refractivity contribution < 1.29 is 28.2 Å². The maximum absolute atomic E-state index is 13.4. The van der Waals surface area contributed by atoms with Crippen LogP contribution in [0.4, 0.5) is 0 Å². The number of likely N-dealkylation sites (tertiary alicyclic amines) is 1. The Balaban J connectivity index is 1.48. The minimum Gasteiger partial charge on any atom is -0.493 e. The van der Waals surface area contributed by atoms with Crippen molar-refractivity contribution in [1.29, 1.82) is 0 Å². The molecule has 2 aromatic rings. The molecule has 2 bridgehead atoms. The third kappa shape index (κ3) is 3.32. The van der Waals surface area contributed by atoms with Crippen LogP contribution in [-0.4, -0.2) is 72.7 Å². The lowest BCUT2D eigenvalue weighted by atomic mass is 9.48. The van der Waals surface area contributed by atoms with E-state index in [1.807, 2.05) is 19.2 Å². The lowest BCUT2D eigenvalue weighted by molar-refractivity contribution is -0.222. The second kappa shape index (κ2) is 9.05. The zero-order valence-corrected chi connectivity index (χ0v) is 22.1. The monoisotopic (exact) mass is 518 g/mol. The zero-order valence-electron chi connectivity index (χ0n) is 22.1. The molecule has 1 saturated carbocycles. The van der Waals surface area contributed by atoms with Gasteiger partial charge in [-0.15, -0.1) is 6.58 Å². The van der Waals surface area contributed by atoms with Gasteiger partial charge in [-0.1, -0.05) is 12.1 Å². The highest BCUT2D eigenvalue weighted by atomic mass is 16.6. The summed E-state index contributed by atoms with van der Waals surface area (Å²) >= 11 is 0. The molecule has 38 heavy (non-hydrogen) atoms. The number of methoxy groups -OCH3 is 1. The lowest BCUT2D eigenvalue weighted by Crippen LogP contribution is -2.79. The Labute approximate surface area is 222 Å².